The van der Waals surface area contributed by atoms with E-state index in [4.69, 9.17) is 37.0 Å². The minimum Gasteiger partial charge on any atom is -0.462 e. The summed E-state index contributed by atoms with van der Waals surface area (Å²) in [5.74, 6) is -0.643. The Morgan fingerprint density at radius 3 is 0.874 bits per heavy atom. The van der Waals surface area contributed by atoms with E-state index in [1.807, 2.05) is 0 Å². The molecular formula is C68H132O17P2. The molecule has 0 bridgehead atoms. The van der Waals surface area contributed by atoms with E-state index in [0.717, 1.165) is 108 Å². The summed E-state index contributed by atoms with van der Waals surface area (Å²) in [6.07, 6.45) is 44.3. The number of hydrogen-bond acceptors (Lipinski definition) is 15. The van der Waals surface area contributed by atoms with E-state index in [-0.39, 0.29) is 25.7 Å². The van der Waals surface area contributed by atoms with Crippen molar-refractivity contribution < 1.29 is 80.2 Å². The number of rotatable bonds is 67. The number of aliphatic hydroxyl groups is 1. The number of aliphatic hydroxyl groups excluding tert-OH is 1. The Labute approximate surface area is 530 Å². The Morgan fingerprint density at radius 1 is 0.333 bits per heavy atom. The van der Waals surface area contributed by atoms with Gasteiger partial charge < -0.3 is 33.8 Å². The van der Waals surface area contributed by atoms with Crippen molar-refractivity contribution in [2.75, 3.05) is 39.6 Å². The number of carbonyl (C=O) groups is 4. The molecule has 0 aromatic carbocycles. The molecule has 0 amide bonds. The fraction of sp³-hybridized carbons (Fsp3) is 0.941. The van der Waals surface area contributed by atoms with Gasteiger partial charge in [0.2, 0.25) is 0 Å². The standard InChI is InChI=1S/C68H132O17P2/c1-7-10-12-14-16-18-20-22-27-31-38-44-50-65(70)78-56-63(84-68(73)53-47-41-33-29-25-24-26-30-36-42-48-60(4)5)58-82-86(74,75)80-54-62(69)55-81-87(76,77)83-59-64(57-79-66(71)51-45-39-35-34-37-43-49-61(6)9-3)85-67(72)52-46-40-32-28-23-21-19-17-15-13-11-8-2/h60-64,69H,7-59H2,1-6H3,(H,74,75)(H,76,77)/t61?,62-,63-,64-/m1/s1. The summed E-state index contributed by atoms with van der Waals surface area (Å²) in [6, 6.07) is 0. The normalized spacial score (nSPS) is 14.5. The molecule has 19 heteroatoms. The first-order valence-electron chi connectivity index (χ1n) is 35.5. The molecule has 516 valence electrons. The monoisotopic (exact) mass is 1280 g/mol. The van der Waals surface area contributed by atoms with Gasteiger partial charge >= 0.3 is 39.5 Å². The van der Waals surface area contributed by atoms with Crippen molar-refractivity contribution in [3.8, 4) is 0 Å². The molecule has 0 aliphatic heterocycles. The molecule has 3 unspecified atom stereocenters. The lowest BCUT2D eigenvalue weighted by atomic mass is 10.00. The first-order valence-corrected chi connectivity index (χ1v) is 38.5. The maximum atomic E-state index is 13.0. The number of phosphoric acid groups is 2. The quantitative estimate of drug-likeness (QED) is 0.0222. The van der Waals surface area contributed by atoms with Crippen molar-refractivity contribution in [1.29, 1.82) is 0 Å². The first-order chi connectivity index (χ1) is 41.9. The molecule has 0 aromatic heterocycles. The lowest BCUT2D eigenvalue weighted by molar-refractivity contribution is -0.161. The van der Waals surface area contributed by atoms with Crippen LogP contribution in [0, 0.1) is 11.8 Å². The number of ether oxygens (including phenoxy) is 4. The molecule has 0 aromatic rings. The number of phosphoric ester groups is 2. The average Bonchev–Trinajstić information content (AvgIpc) is 3.70. The van der Waals surface area contributed by atoms with Crippen molar-refractivity contribution >= 4 is 39.5 Å². The van der Waals surface area contributed by atoms with E-state index < -0.39 is 97.5 Å². The van der Waals surface area contributed by atoms with Crippen molar-refractivity contribution in [1.82, 2.24) is 0 Å². The second-order valence-corrected chi connectivity index (χ2v) is 28.2. The van der Waals surface area contributed by atoms with Crippen LogP contribution in [0.5, 0.6) is 0 Å². The topological polar surface area (TPSA) is 237 Å². The molecule has 6 atom stereocenters. The fourth-order valence-electron chi connectivity index (χ4n) is 10.2. The second-order valence-electron chi connectivity index (χ2n) is 25.3. The molecule has 3 N–H and O–H groups in total. The molecule has 0 saturated carbocycles. The van der Waals surface area contributed by atoms with Gasteiger partial charge in [-0.25, -0.2) is 9.13 Å². The highest BCUT2D eigenvalue weighted by Crippen LogP contribution is 2.45. The fourth-order valence-corrected chi connectivity index (χ4v) is 11.8. The van der Waals surface area contributed by atoms with Crippen LogP contribution >= 0.6 is 15.6 Å². The van der Waals surface area contributed by atoms with Crippen LogP contribution in [0.2, 0.25) is 0 Å². The van der Waals surface area contributed by atoms with Gasteiger partial charge in [0.1, 0.15) is 19.3 Å². The highest BCUT2D eigenvalue weighted by atomic mass is 31.2. The minimum atomic E-state index is -4.95. The number of carbonyl (C=O) groups excluding carboxylic acids is 4. The third-order valence-electron chi connectivity index (χ3n) is 16.1. The zero-order valence-electron chi connectivity index (χ0n) is 56.3. The molecule has 0 radical (unpaired) electrons. The van der Waals surface area contributed by atoms with E-state index in [1.54, 1.807) is 0 Å². The second kappa shape index (κ2) is 60.3. The summed E-state index contributed by atoms with van der Waals surface area (Å²) in [5, 5.41) is 10.6. The smallest absolute Gasteiger partial charge is 0.462 e. The Hall–Kier alpha value is -1.94. The van der Waals surface area contributed by atoms with Gasteiger partial charge in [-0.3, -0.25) is 37.3 Å². The van der Waals surface area contributed by atoms with Crippen LogP contribution in [0.15, 0.2) is 0 Å². The molecule has 0 heterocycles. The summed E-state index contributed by atoms with van der Waals surface area (Å²) < 4.78 is 68.2. The molecule has 0 rings (SSSR count). The summed E-state index contributed by atoms with van der Waals surface area (Å²) in [5.41, 5.74) is 0. The maximum absolute atomic E-state index is 13.0. The molecule has 0 saturated heterocycles. The van der Waals surface area contributed by atoms with Gasteiger partial charge in [-0.2, -0.15) is 0 Å². The van der Waals surface area contributed by atoms with E-state index in [9.17, 15) is 43.2 Å². The number of unbranched alkanes of at least 4 members (excludes halogenated alkanes) is 36. The van der Waals surface area contributed by atoms with Crippen LogP contribution in [-0.4, -0.2) is 96.7 Å². The first kappa shape index (κ1) is 85.1. The van der Waals surface area contributed by atoms with Gasteiger partial charge in [0.25, 0.3) is 0 Å². The zero-order chi connectivity index (χ0) is 64.3. The van der Waals surface area contributed by atoms with E-state index in [2.05, 4.69) is 41.5 Å². The zero-order valence-corrected chi connectivity index (χ0v) is 58.1. The Balaban J connectivity index is 5.26. The molecule has 0 spiro atoms. The predicted octanol–water partition coefficient (Wildman–Crippen LogP) is 19.2. The van der Waals surface area contributed by atoms with Gasteiger partial charge in [-0.15, -0.1) is 0 Å². The average molecular weight is 1280 g/mol. The molecule has 0 fully saturated rings. The van der Waals surface area contributed by atoms with Crippen molar-refractivity contribution in [2.24, 2.45) is 11.8 Å². The highest BCUT2D eigenvalue weighted by molar-refractivity contribution is 7.47. The predicted molar refractivity (Wildman–Crippen MR) is 349 cm³/mol. The molecule has 0 aliphatic rings. The van der Waals surface area contributed by atoms with Crippen molar-refractivity contribution in [2.45, 2.75) is 362 Å². The summed E-state index contributed by atoms with van der Waals surface area (Å²) in [7, 11) is -9.90. The van der Waals surface area contributed by atoms with Crippen LogP contribution < -0.4 is 0 Å². The van der Waals surface area contributed by atoms with E-state index >= 15 is 0 Å². The summed E-state index contributed by atoms with van der Waals surface area (Å²) in [6.45, 7) is 9.48. The molecule has 17 nitrogen and oxygen atoms in total. The number of esters is 4. The van der Waals surface area contributed by atoms with Gasteiger partial charge in [0, 0.05) is 25.7 Å². The molecular weight excluding hydrogens is 1150 g/mol. The lowest BCUT2D eigenvalue weighted by Gasteiger charge is -2.21. The van der Waals surface area contributed by atoms with Crippen LogP contribution in [0.1, 0.15) is 343 Å². The van der Waals surface area contributed by atoms with Gasteiger partial charge in [-0.1, -0.05) is 292 Å². The third kappa shape index (κ3) is 61.3. The van der Waals surface area contributed by atoms with Gasteiger partial charge in [-0.05, 0) is 37.5 Å². The van der Waals surface area contributed by atoms with Crippen LogP contribution in [0.4, 0.5) is 0 Å². The van der Waals surface area contributed by atoms with Crippen molar-refractivity contribution in [3.63, 3.8) is 0 Å². The van der Waals surface area contributed by atoms with Crippen molar-refractivity contribution in [3.05, 3.63) is 0 Å². The highest BCUT2D eigenvalue weighted by Gasteiger charge is 2.30. The summed E-state index contributed by atoms with van der Waals surface area (Å²) in [4.78, 5) is 72.4. The van der Waals surface area contributed by atoms with E-state index in [1.165, 1.54) is 154 Å². The number of hydrogen-bond donors (Lipinski definition) is 3. The maximum Gasteiger partial charge on any atom is 0.472 e. The largest absolute Gasteiger partial charge is 0.472 e. The molecule has 87 heavy (non-hydrogen) atoms. The lowest BCUT2D eigenvalue weighted by Crippen LogP contribution is -2.30. The van der Waals surface area contributed by atoms with Gasteiger partial charge in [0.05, 0.1) is 26.4 Å². The minimum absolute atomic E-state index is 0.106. The summed E-state index contributed by atoms with van der Waals surface area (Å²) >= 11 is 0. The Bertz CT molecular complexity index is 1700. The Morgan fingerprint density at radius 2 is 0.586 bits per heavy atom. The SMILES string of the molecule is CCCCCCCCCCCCCCC(=O)OC[C@H](COP(=O)(O)OC[C@@H](O)COP(=O)(O)OC[C@@H](COC(=O)CCCCCCCCC(C)CC)OC(=O)CCCCCCCCCCCCCC)OC(=O)CCCCCCCCCCCCC(C)C. The molecule has 0 aliphatic carbocycles. The van der Waals surface area contributed by atoms with Crippen LogP contribution in [0.3, 0.4) is 0 Å². The third-order valence-corrected chi connectivity index (χ3v) is 18.0. The van der Waals surface area contributed by atoms with Crippen LogP contribution in [0.25, 0.3) is 0 Å². The van der Waals surface area contributed by atoms with Crippen LogP contribution in [-0.2, 0) is 65.4 Å². The van der Waals surface area contributed by atoms with E-state index in [0.29, 0.717) is 25.7 Å². The van der Waals surface area contributed by atoms with Gasteiger partial charge in [0.15, 0.2) is 12.2 Å². The Kier molecular flexibility index (Phi) is 59.0.